The van der Waals surface area contributed by atoms with Crippen LogP contribution in [0.2, 0.25) is 0 Å². The van der Waals surface area contributed by atoms with E-state index in [0.717, 1.165) is 0 Å². The summed E-state index contributed by atoms with van der Waals surface area (Å²) in [5, 5.41) is 19.4. The maximum absolute atomic E-state index is 9.69. The van der Waals surface area contributed by atoms with Crippen LogP contribution < -0.4 is 0 Å². The van der Waals surface area contributed by atoms with Crippen molar-refractivity contribution in [3.05, 3.63) is 59.7 Å². The van der Waals surface area contributed by atoms with Gasteiger partial charge in [-0.1, -0.05) is 38.1 Å². The van der Waals surface area contributed by atoms with Gasteiger partial charge < -0.3 is 10.2 Å². The summed E-state index contributed by atoms with van der Waals surface area (Å²) >= 11 is 0. The Morgan fingerprint density at radius 2 is 1.17 bits per heavy atom. The number of aliphatic imine (C=N–C) groups is 2. The Hall–Kier alpha value is -2.10. The quantitative estimate of drug-likeness (QED) is 0.596. The second-order valence-corrected chi connectivity index (χ2v) is 6.22. The largest absolute Gasteiger partial charge is 0.507 e. The number of phenolic OH excluding ortho intramolecular Hbond substituents is 2. The van der Waals surface area contributed by atoms with Gasteiger partial charge in [0.1, 0.15) is 11.5 Å². The molecule has 0 spiro atoms. The van der Waals surface area contributed by atoms with Crippen LogP contribution in [-0.4, -0.2) is 35.7 Å². The molecule has 1 radical (unpaired) electrons. The fourth-order valence-electron chi connectivity index (χ4n) is 2.03. The van der Waals surface area contributed by atoms with E-state index in [-0.39, 0.29) is 34.0 Å². The number of aromatic hydroxyl groups is 2. The van der Waals surface area contributed by atoms with Gasteiger partial charge in [-0.15, -0.1) is 0 Å². The smallest absolute Gasteiger partial charge is 0.124 e. The normalized spacial score (nSPS) is 11.8. The van der Waals surface area contributed by atoms with Crippen LogP contribution in [-0.2, 0) is 17.1 Å². The van der Waals surface area contributed by atoms with Crippen molar-refractivity contribution in [2.24, 2.45) is 15.4 Å². The minimum absolute atomic E-state index is 0. The molecule has 24 heavy (non-hydrogen) atoms. The molecule has 2 aromatic carbocycles. The Kier molecular flexibility index (Phi) is 7.69. The zero-order chi connectivity index (χ0) is 16.7. The van der Waals surface area contributed by atoms with Crippen LogP contribution >= 0.6 is 0 Å². The molecule has 2 rings (SSSR count). The molecular formula is C19H22CuN2O2. The van der Waals surface area contributed by atoms with Gasteiger partial charge in [-0.3, -0.25) is 9.98 Å². The topological polar surface area (TPSA) is 65.2 Å². The third kappa shape index (κ3) is 6.19. The van der Waals surface area contributed by atoms with E-state index in [1.807, 2.05) is 24.3 Å². The van der Waals surface area contributed by atoms with E-state index in [2.05, 4.69) is 23.8 Å². The van der Waals surface area contributed by atoms with Crippen molar-refractivity contribution in [1.29, 1.82) is 0 Å². The average Bonchev–Trinajstić information content (AvgIpc) is 2.51. The molecule has 0 atom stereocenters. The van der Waals surface area contributed by atoms with Gasteiger partial charge in [0.2, 0.25) is 0 Å². The van der Waals surface area contributed by atoms with Crippen molar-refractivity contribution in [2.45, 2.75) is 13.8 Å². The summed E-state index contributed by atoms with van der Waals surface area (Å²) in [5.74, 6) is 0.457. The molecule has 0 aliphatic carbocycles. The number of benzene rings is 2. The van der Waals surface area contributed by atoms with Crippen LogP contribution in [0.1, 0.15) is 25.0 Å². The predicted molar refractivity (Wildman–Crippen MR) is 94.9 cm³/mol. The second-order valence-electron chi connectivity index (χ2n) is 6.22. The Morgan fingerprint density at radius 3 is 1.54 bits per heavy atom. The van der Waals surface area contributed by atoms with E-state index in [1.54, 1.807) is 36.7 Å². The molecule has 0 aliphatic rings. The van der Waals surface area contributed by atoms with Gasteiger partial charge in [0.15, 0.2) is 0 Å². The van der Waals surface area contributed by atoms with Gasteiger partial charge in [-0.2, -0.15) is 0 Å². The molecule has 0 saturated heterocycles. The molecule has 5 heteroatoms. The van der Waals surface area contributed by atoms with Gasteiger partial charge in [0, 0.05) is 59.1 Å². The molecule has 0 saturated carbocycles. The van der Waals surface area contributed by atoms with E-state index in [1.165, 1.54) is 0 Å². The van der Waals surface area contributed by atoms with Crippen LogP contribution in [0.3, 0.4) is 0 Å². The van der Waals surface area contributed by atoms with E-state index >= 15 is 0 Å². The van der Waals surface area contributed by atoms with Crippen molar-refractivity contribution in [2.75, 3.05) is 13.1 Å². The molecule has 0 amide bonds. The molecule has 0 bridgehead atoms. The first-order valence-electron chi connectivity index (χ1n) is 7.54. The molecular weight excluding hydrogens is 355 g/mol. The fourth-order valence-corrected chi connectivity index (χ4v) is 2.03. The van der Waals surface area contributed by atoms with Crippen LogP contribution in [0, 0.1) is 5.41 Å². The second kappa shape index (κ2) is 9.26. The van der Waals surface area contributed by atoms with Crippen LogP contribution in [0.5, 0.6) is 11.5 Å². The molecule has 0 heterocycles. The maximum atomic E-state index is 9.69. The Morgan fingerprint density at radius 1 is 0.792 bits per heavy atom. The van der Waals surface area contributed by atoms with Crippen LogP contribution in [0.4, 0.5) is 0 Å². The number of nitrogens with zero attached hydrogens (tertiary/aromatic N) is 2. The summed E-state index contributed by atoms with van der Waals surface area (Å²) in [6.45, 7) is 5.35. The summed E-state index contributed by atoms with van der Waals surface area (Å²) < 4.78 is 0. The van der Waals surface area contributed by atoms with E-state index in [9.17, 15) is 10.2 Å². The monoisotopic (exact) mass is 377 g/mol. The number of hydrogen-bond donors (Lipinski definition) is 2. The molecule has 0 fully saturated rings. The molecule has 131 valence electrons. The van der Waals surface area contributed by atoms with E-state index in [0.29, 0.717) is 24.2 Å². The fraction of sp³-hybridized carbons (Fsp3) is 0.263. The minimum atomic E-state index is -0.109. The molecule has 4 nitrogen and oxygen atoms in total. The summed E-state index contributed by atoms with van der Waals surface area (Å²) in [5.41, 5.74) is 1.31. The summed E-state index contributed by atoms with van der Waals surface area (Å²) in [7, 11) is 0. The van der Waals surface area contributed by atoms with Crippen LogP contribution in [0.25, 0.3) is 0 Å². The number of para-hydroxylation sites is 2. The third-order valence-electron chi connectivity index (χ3n) is 3.37. The van der Waals surface area contributed by atoms with E-state index < -0.39 is 0 Å². The van der Waals surface area contributed by atoms with Crippen molar-refractivity contribution in [3.8, 4) is 11.5 Å². The standard InChI is InChI=1S/C19H22N2O2.Cu/c1-19(2,13-20-11-15-7-3-5-9-17(15)22)14-21-12-16-8-4-6-10-18(16)23;/h3-12,22-23H,13-14H2,1-2H3;/i;1+3. The zero-order valence-electron chi connectivity index (χ0n) is 13.8. The first kappa shape index (κ1) is 19.9. The summed E-state index contributed by atoms with van der Waals surface area (Å²) in [6, 6.07) is 14.2. The number of rotatable bonds is 6. The van der Waals surface area contributed by atoms with Gasteiger partial charge >= 0.3 is 0 Å². The molecule has 2 aromatic rings. The molecule has 0 aliphatic heterocycles. The number of hydrogen-bond acceptors (Lipinski definition) is 4. The zero-order valence-corrected chi connectivity index (χ0v) is 14.7. The van der Waals surface area contributed by atoms with E-state index in [4.69, 9.17) is 0 Å². The van der Waals surface area contributed by atoms with Gasteiger partial charge in [0.05, 0.1) is 0 Å². The van der Waals surface area contributed by atoms with Gasteiger partial charge in [-0.25, -0.2) is 0 Å². The van der Waals surface area contributed by atoms with Crippen molar-refractivity contribution in [3.63, 3.8) is 0 Å². The maximum Gasteiger partial charge on any atom is 0.124 e. The number of phenols is 2. The first-order chi connectivity index (χ1) is 11.0. The van der Waals surface area contributed by atoms with Crippen molar-refractivity contribution in [1.82, 2.24) is 0 Å². The minimum Gasteiger partial charge on any atom is -0.507 e. The van der Waals surface area contributed by atoms with Crippen molar-refractivity contribution >= 4 is 12.4 Å². The summed E-state index contributed by atoms with van der Waals surface area (Å²) in [4.78, 5) is 8.82. The first-order valence-corrected chi connectivity index (χ1v) is 7.54. The SMILES string of the molecule is CC(C)(CN=Cc1ccccc1O)CN=Cc1ccccc1O.[67Cu]. The molecule has 0 unspecified atom stereocenters. The predicted octanol–water partition coefficient (Wildman–Crippen LogP) is 3.66. The Balaban J connectivity index is 0.00000288. The van der Waals surface area contributed by atoms with Gasteiger partial charge in [-0.05, 0) is 24.3 Å². The Labute approximate surface area is 153 Å². The third-order valence-corrected chi connectivity index (χ3v) is 3.37. The average molecular weight is 377 g/mol. The van der Waals surface area contributed by atoms with Gasteiger partial charge in [0.25, 0.3) is 0 Å². The van der Waals surface area contributed by atoms with Crippen LogP contribution in [0.15, 0.2) is 58.5 Å². The summed E-state index contributed by atoms with van der Waals surface area (Å²) in [6.07, 6.45) is 3.37. The van der Waals surface area contributed by atoms with Crippen molar-refractivity contribution < 1.29 is 27.3 Å². The molecule has 0 aromatic heterocycles. The Bertz CT molecular complexity index is 653. The molecule has 2 N–H and O–H groups in total.